The second-order valence-electron chi connectivity index (χ2n) is 16.8. The average molecular weight is 814 g/mol. The Balaban J connectivity index is 1.04. The first-order valence-corrected chi connectivity index (χ1v) is 22.2. The van der Waals surface area contributed by atoms with E-state index in [1.54, 1.807) is 0 Å². The Kier molecular flexibility index (Phi) is 9.13. The summed E-state index contributed by atoms with van der Waals surface area (Å²) >= 11 is 0. The second-order valence-corrected chi connectivity index (χ2v) is 16.8. The van der Waals surface area contributed by atoms with Crippen LogP contribution in [0.1, 0.15) is 22.3 Å². The number of nitrogens with zero attached hydrogens (tertiary/aromatic N) is 1. The van der Waals surface area contributed by atoms with E-state index in [9.17, 15) is 0 Å². The fraction of sp³-hybridized carbons (Fsp3) is 0.0159. The Bertz CT molecular complexity index is 3450. The van der Waals surface area contributed by atoms with Gasteiger partial charge in [0.15, 0.2) is 0 Å². The summed E-state index contributed by atoms with van der Waals surface area (Å²) in [6.45, 7) is 0. The van der Waals surface area contributed by atoms with Crippen LogP contribution in [0.2, 0.25) is 0 Å². The normalized spacial score (nSPS) is 14.0. The Morgan fingerprint density at radius 3 is 1.30 bits per heavy atom. The molecule has 12 rings (SSSR count). The summed E-state index contributed by atoms with van der Waals surface area (Å²) in [6.07, 6.45) is 0. The summed E-state index contributed by atoms with van der Waals surface area (Å²) in [7, 11) is 0. The predicted octanol–water partition coefficient (Wildman–Crippen LogP) is 16.8. The predicted molar refractivity (Wildman–Crippen MR) is 270 cm³/mol. The van der Waals surface area contributed by atoms with Gasteiger partial charge in [0.2, 0.25) is 0 Å². The van der Waals surface area contributed by atoms with Gasteiger partial charge in [-0.2, -0.15) is 0 Å². The first-order valence-electron chi connectivity index (χ1n) is 22.2. The highest BCUT2D eigenvalue weighted by atomic mass is 15.1. The molecule has 0 heterocycles. The molecule has 1 aliphatic carbocycles. The molecule has 0 saturated heterocycles. The van der Waals surface area contributed by atoms with Crippen molar-refractivity contribution >= 4 is 38.6 Å². The van der Waals surface area contributed by atoms with Gasteiger partial charge in [0.25, 0.3) is 0 Å². The molecule has 64 heavy (non-hydrogen) atoms. The maximum absolute atomic E-state index is 2.46. The molecule has 1 unspecified atom stereocenters. The zero-order valence-electron chi connectivity index (χ0n) is 35.3. The lowest BCUT2D eigenvalue weighted by Crippen LogP contribution is -2.28. The van der Waals surface area contributed by atoms with Gasteiger partial charge < -0.3 is 4.90 Å². The van der Waals surface area contributed by atoms with E-state index in [0.29, 0.717) is 0 Å². The van der Waals surface area contributed by atoms with E-state index in [1.807, 2.05) is 0 Å². The highest BCUT2D eigenvalue weighted by molar-refractivity contribution is 5.98. The van der Waals surface area contributed by atoms with Crippen molar-refractivity contribution in [2.75, 3.05) is 4.90 Å². The number of hydrogen-bond acceptors (Lipinski definition) is 1. The van der Waals surface area contributed by atoms with Crippen LogP contribution in [0.25, 0.3) is 66.1 Å². The van der Waals surface area contributed by atoms with Crippen LogP contribution >= 0.6 is 0 Å². The number of fused-ring (bicyclic) bond motifs is 5. The largest absolute Gasteiger partial charge is 0.310 e. The highest BCUT2D eigenvalue weighted by Gasteiger charge is 2.46. The summed E-state index contributed by atoms with van der Waals surface area (Å²) in [5.74, 6) is 0. The zero-order valence-corrected chi connectivity index (χ0v) is 35.3. The molecular formula is C63H43N. The van der Waals surface area contributed by atoms with E-state index in [0.717, 1.165) is 17.1 Å². The molecule has 11 aromatic carbocycles. The van der Waals surface area contributed by atoms with Gasteiger partial charge in [-0.1, -0.05) is 224 Å². The number of rotatable bonds is 8. The van der Waals surface area contributed by atoms with Gasteiger partial charge in [-0.3, -0.25) is 0 Å². The summed E-state index contributed by atoms with van der Waals surface area (Å²) in [6, 6.07) is 95.9. The van der Waals surface area contributed by atoms with Gasteiger partial charge >= 0.3 is 0 Å². The molecule has 0 saturated carbocycles. The summed E-state index contributed by atoms with van der Waals surface area (Å²) in [5.41, 5.74) is 17.6. The SMILES string of the molecule is c1ccc(-c2ccc(N(c3ccc(-c4cccc5ccccc45)cc3)c3ccc4c(c3)C(c3ccccc3)(c3ccc(-c5cccc6ccccc56)cc3)c3ccccc3-4)cc2)cc1. The van der Waals surface area contributed by atoms with Gasteiger partial charge in [-0.05, 0) is 125 Å². The standard InChI is InChI=1S/C63H43N/c1-3-15-44(16-4-1)45-31-37-52(38-32-45)64(53-39-33-49(34-40-53)58-27-14-20-47-18-8-10-24-56(47)58)54-41-42-60-59-25-11-12-28-61(59)63(62(60)43-54,50-21-5-2-6-22-50)51-35-29-48(30-36-51)57-26-13-19-46-17-7-9-23-55(46)57/h1-43H. The number of anilines is 3. The van der Waals surface area contributed by atoms with Crippen LogP contribution in [-0.2, 0) is 5.41 Å². The van der Waals surface area contributed by atoms with Gasteiger partial charge in [-0.15, -0.1) is 0 Å². The lowest BCUT2D eigenvalue weighted by molar-refractivity contribution is 0.768. The zero-order chi connectivity index (χ0) is 42.5. The molecule has 1 heteroatoms. The molecule has 11 aromatic rings. The third-order valence-corrected chi connectivity index (χ3v) is 13.4. The molecule has 0 radical (unpaired) electrons. The van der Waals surface area contributed by atoms with Crippen molar-refractivity contribution in [3.8, 4) is 44.5 Å². The fourth-order valence-corrected chi connectivity index (χ4v) is 10.4. The van der Waals surface area contributed by atoms with Gasteiger partial charge in [-0.25, -0.2) is 0 Å². The molecule has 0 amide bonds. The molecule has 0 spiro atoms. The number of hydrogen-bond donors (Lipinski definition) is 0. The molecule has 0 fully saturated rings. The van der Waals surface area contributed by atoms with Crippen LogP contribution in [0.4, 0.5) is 17.1 Å². The highest BCUT2D eigenvalue weighted by Crippen LogP contribution is 2.57. The van der Waals surface area contributed by atoms with Crippen LogP contribution in [0.5, 0.6) is 0 Å². The average Bonchev–Trinajstić information content (AvgIpc) is 3.67. The molecule has 300 valence electrons. The summed E-state index contributed by atoms with van der Waals surface area (Å²) < 4.78 is 0. The fourth-order valence-electron chi connectivity index (χ4n) is 10.4. The van der Waals surface area contributed by atoms with E-state index >= 15 is 0 Å². The van der Waals surface area contributed by atoms with Crippen molar-refractivity contribution in [1.29, 1.82) is 0 Å². The third-order valence-electron chi connectivity index (χ3n) is 13.4. The van der Waals surface area contributed by atoms with Crippen LogP contribution in [-0.4, -0.2) is 0 Å². The van der Waals surface area contributed by atoms with Crippen LogP contribution in [0.15, 0.2) is 261 Å². The lowest BCUT2D eigenvalue weighted by Gasteiger charge is -2.35. The Morgan fingerprint density at radius 1 is 0.250 bits per heavy atom. The monoisotopic (exact) mass is 813 g/mol. The topological polar surface area (TPSA) is 3.24 Å². The smallest absolute Gasteiger partial charge is 0.0714 e. The Hall–Kier alpha value is -8.26. The summed E-state index contributed by atoms with van der Waals surface area (Å²) in [4.78, 5) is 2.42. The van der Waals surface area contributed by atoms with Crippen LogP contribution in [0.3, 0.4) is 0 Å². The van der Waals surface area contributed by atoms with E-state index < -0.39 is 5.41 Å². The van der Waals surface area contributed by atoms with Crippen molar-refractivity contribution in [2.24, 2.45) is 0 Å². The van der Waals surface area contributed by atoms with Crippen LogP contribution < -0.4 is 4.90 Å². The maximum Gasteiger partial charge on any atom is 0.0714 e. The van der Waals surface area contributed by atoms with Crippen molar-refractivity contribution < 1.29 is 0 Å². The minimum atomic E-state index is -0.568. The first-order chi connectivity index (χ1) is 31.7. The number of benzene rings is 11. The lowest BCUT2D eigenvalue weighted by atomic mass is 9.67. The minimum absolute atomic E-state index is 0.568. The van der Waals surface area contributed by atoms with Gasteiger partial charge in [0.05, 0.1) is 5.41 Å². The van der Waals surface area contributed by atoms with Crippen molar-refractivity contribution in [3.63, 3.8) is 0 Å². The van der Waals surface area contributed by atoms with E-state index in [2.05, 4.69) is 266 Å². The molecule has 0 aliphatic heterocycles. The third kappa shape index (κ3) is 6.16. The van der Waals surface area contributed by atoms with E-state index in [1.165, 1.54) is 88.3 Å². The molecule has 1 atom stereocenters. The van der Waals surface area contributed by atoms with Crippen LogP contribution in [0, 0.1) is 0 Å². The van der Waals surface area contributed by atoms with Crippen molar-refractivity contribution in [1.82, 2.24) is 0 Å². The first kappa shape index (κ1) is 37.5. The molecule has 0 aromatic heterocycles. The molecule has 0 bridgehead atoms. The Labute approximate surface area is 374 Å². The van der Waals surface area contributed by atoms with E-state index in [4.69, 9.17) is 0 Å². The van der Waals surface area contributed by atoms with Crippen molar-refractivity contribution in [3.05, 3.63) is 283 Å². The maximum atomic E-state index is 2.46. The minimum Gasteiger partial charge on any atom is -0.310 e. The molecule has 1 aliphatic rings. The Morgan fingerprint density at radius 2 is 0.672 bits per heavy atom. The van der Waals surface area contributed by atoms with Crippen molar-refractivity contribution in [2.45, 2.75) is 5.41 Å². The molecular weight excluding hydrogens is 771 g/mol. The molecule has 1 nitrogen and oxygen atoms in total. The van der Waals surface area contributed by atoms with Gasteiger partial charge in [0.1, 0.15) is 0 Å². The van der Waals surface area contributed by atoms with E-state index in [-0.39, 0.29) is 0 Å². The second kappa shape index (κ2) is 15.6. The van der Waals surface area contributed by atoms with Gasteiger partial charge in [0, 0.05) is 17.1 Å². The summed E-state index contributed by atoms with van der Waals surface area (Å²) in [5, 5.41) is 5.01. The molecule has 0 N–H and O–H groups in total. The quantitative estimate of drug-likeness (QED) is 0.148.